The Labute approximate surface area is 207 Å². The molecule has 0 atom stereocenters. The van der Waals surface area contributed by atoms with Gasteiger partial charge in [0.2, 0.25) is 0 Å². The molecule has 4 aromatic rings. The maximum atomic E-state index is 6.26. The second-order valence-electron chi connectivity index (χ2n) is 9.70. The summed E-state index contributed by atoms with van der Waals surface area (Å²) in [4.78, 5) is 9.01. The van der Waals surface area contributed by atoms with Gasteiger partial charge in [-0.25, -0.2) is 0 Å². The molecule has 1 aliphatic rings. The van der Waals surface area contributed by atoms with Gasteiger partial charge >= 0.3 is 0 Å². The van der Waals surface area contributed by atoms with Gasteiger partial charge in [-0.2, -0.15) is 5.10 Å². The third-order valence-corrected chi connectivity index (χ3v) is 6.24. The monoisotopic (exact) mass is 467 g/mol. The van der Waals surface area contributed by atoms with Crippen LogP contribution in [0.2, 0.25) is 0 Å². The smallest absolute Gasteiger partial charge is 0.156 e. The van der Waals surface area contributed by atoms with Crippen LogP contribution in [-0.4, -0.2) is 39.9 Å². The van der Waals surface area contributed by atoms with Crippen LogP contribution in [0.15, 0.2) is 79.1 Å². The van der Waals surface area contributed by atoms with Crippen molar-refractivity contribution in [2.45, 2.75) is 33.5 Å². The van der Waals surface area contributed by atoms with Gasteiger partial charge in [0.25, 0.3) is 0 Å². The van der Waals surface area contributed by atoms with Crippen molar-refractivity contribution in [2.75, 3.05) is 25.2 Å². The summed E-state index contributed by atoms with van der Waals surface area (Å²) in [5.74, 6) is 2.53. The van der Waals surface area contributed by atoms with Gasteiger partial charge in [0.1, 0.15) is 12.4 Å². The van der Waals surface area contributed by atoms with E-state index in [0.29, 0.717) is 19.1 Å². The van der Waals surface area contributed by atoms with Crippen LogP contribution in [0.25, 0.3) is 11.3 Å². The Morgan fingerprint density at radius 2 is 1.69 bits per heavy atom. The van der Waals surface area contributed by atoms with Gasteiger partial charge in [-0.15, -0.1) is 0 Å². The van der Waals surface area contributed by atoms with E-state index in [9.17, 15) is 0 Å². The topological polar surface area (TPSA) is 46.4 Å². The Kier molecular flexibility index (Phi) is 6.82. The third-order valence-electron chi connectivity index (χ3n) is 6.24. The summed E-state index contributed by atoms with van der Waals surface area (Å²) in [5, 5.41) is 5.19. The molecule has 3 heterocycles. The molecule has 6 nitrogen and oxygen atoms in total. The van der Waals surface area contributed by atoms with Crippen molar-refractivity contribution >= 4 is 5.82 Å². The number of hydrogen-bond donors (Lipinski definition) is 0. The molecule has 0 spiro atoms. The minimum atomic E-state index is 0.539. The number of ether oxygens (including phenoxy) is 1. The van der Waals surface area contributed by atoms with Crippen LogP contribution >= 0.6 is 0 Å². The molecular weight excluding hydrogens is 434 g/mol. The number of rotatable bonds is 8. The van der Waals surface area contributed by atoms with Crippen molar-refractivity contribution in [3.8, 4) is 17.0 Å². The minimum absolute atomic E-state index is 0.539. The average molecular weight is 468 g/mol. The van der Waals surface area contributed by atoms with E-state index in [4.69, 9.17) is 9.84 Å². The van der Waals surface area contributed by atoms with Crippen LogP contribution in [0, 0.1) is 5.92 Å². The van der Waals surface area contributed by atoms with E-state index in [1.807, 2.05) is 42.7 Å². The summed E-state index contributed by atoms with van der Waals surface area (Å²) in [6, 6.07) is 22.7. The molecule has 5 rings (SSSR count). The first kappa shape index (κ1) is 23.1. The molecule has 2 aromatic heterocycles. The van der Waals surface area contributed by atoms with E-state index in [-0.39, 0.29) is 0 Å². The number of nitrogens with zero attached hydrogens (tertiary/aromatic N) is 5. The van der Waals surface area contributed by atoms with E-state index in [0.717, 1.165) is 53.7 Å². The molecule has 0 unspecified atom stereocenters. The maximum Gasteiger partial charge on any atom is 0.156 e. The van der Waals surface area contributed by atoms with Crippen LogP contribution < -0.4 is 9.64 Å². The standard InChI is InChI=1S/C29H33N5O/c1-22(2)17-33-21-32(3)19-26-28(24-13-15-30-16-14-24)34(31-29(26)33)18-25-11-7-8-12-27(25)35-20-23-9-5-4-6-10-23/h4-16,22H,17-21H2,1-3H3. The fraction of sp³-hybridized carbons (Fsp3) is 0.310. The highest BCUT2D eigenvalue weighted by atomic mass is 16.5. The van der Waals surface area contributed by atoms with Crippen molar-refractivity contribution in [1.29, 1.82) is 0 Å². The first-order chi connectivity index (χ1) is 17.1. The van der Waals surface area contributed by atoms with Crippen molar-refractivity contribution in [1.82, 2.24) is 19.7 Å². The van der Waals surface area contributed by atoms with Crippen LogP contribution in [0.4, 0.5) is 5.82 Å². The number of anilines is 1. The quantitative estimate of drug-likeness (QED) is 0.345. The summed E-state index contributed by atoms with van der Waals surface area (Å²) < 4.78 is 8.41. The summed E-state index contributed by atoms with van der Waals surface area (Å²) >= 11 is 0. The Morgan fingerprint density at radius 1 is 0.943 bits per heavy atom. The molecule has 0 fully saturated rings. The molecule has 2 aromatic carbocycles. The van der Waals surface area contributed by atoms with Crippen LogP contribution in [-0.2, 0) is 19.7 Å². The van der Waals surface area contributed by atoms with E-state index >= 15 is 0 Å². The summed E-state index contributed by atoms with van der Waals surface area (Å²) in [5.41, 5.74) is 5.83. The fourth-order valence-electron chi connectivity index (χ4n) is 4.77. The Balaban J connectivity index is 1.52. The number of pyridine rings is 1. The summed E-state index contributed by atoms with van der Waals surface area (Å²) in [7, 11) is 2.18. The van der Waals surface area contributed by atoms with Gasteiger partial charge in [0.15, 0.2) is 5.82 Å². The zero-order valence-electron chi connectivity index (χ0n) is 20.8. The van der Waals surface area contributed by atoms with E-state index in [1.165, 1.54) is 5.56 Å². The molecule has 0 saturated heterocycles. The molecule has 6 heteroatoms. The first-order valence-electron chi connectivity index (χ1n) is 12.3. The number of hydrogen-bond acceptors (Lipinski definition) is 5. The largest absolute Gasteiger partial charge is 0.489 e. The van der Waals surface area contributed by atoms with Gasteiger partial charge in [-0.3, -0.25) is 14.6 Å². The Bertz CT molecular complexity index is 1250. The molecule has 0 bridgehead atoms. The number of benzene rings is 2. The zero-order chi connectivity index (χ0) is 24.2. The van der Waals surface area contributed by atoms with E-state index in [2.05, 4.69) is 76.8 Å². The molecular formula is C29H33N5O. The normalized spacial score (nSPS) is 13.8. The van der Waals surface area contributed by atoms with E-state index < -0.39 is 0 Å². The molecule has 35 heavy (non-hydrogen) atoms. The van der Waals surface area contributed by atoms with Gasteiger partial charge < -0.3 is 9.64 Å². The highest BCUT2D eigenvalue weighted by Gasteiger charge is 2.29. The van der Waals surface area contributed by atoms with Gasteiger partial charge in [0, 0.05) is 42.2 Å². The lowest BCUT2D eigenvalue weighted by Crippen LogP contribution is -2.42. The molecule has 0 saturated carbocycles. The second kappa shape index (κ2) is 10.3. The molecule has 0 N–H and O–H groups in total. The van der Waals surface area contributed by atoms with Crippen molar-refractivity contribution < 1.29 is 4.74 Å². The number of para-hydroxylation sites is 1. The Hall–Kier alpha value is -3.64. The van der Waals surface area contributed by atoms with Crippen molar-refractivity contribution in [3.05, 3.63) is 95.8 Å². The zero-order valence-corrected chi connectivity index (χ0v) is 20.8. The van der Waals surface area contributed by atoms with Crippen molar-refractivity contribution in [3.63, 3.8) is 0 Å². The second-order valence-corrected chi connectivity index (χ2v) is 9.70. The minimum Gasteiger partial charge on any atom is -0.489 e. The summed E-state index contributed by atoms with van der Waals surface area (Å²) in [6.45, 7) is 8.42. The Morgan fingerprint density at radius 3 is 2.46 bits per heavy atom. The average Bonchev–Trinajstić information content (AvgIpc) is 3.22. The lowest BCUT2D eigenvalue weighted by Gasteiger charge is -2.34. The van der Waals surface area contributed by atoms with Crippen LogP contribution in [0.1, 0.15) is 30.5 Å². The molecule has 0 aliphatic carbocycles. The highest BCUT2D eigenvalue weighted by Crippen LogP contribution is 2.36. The molecule has 180 valence electrons. The molecule has 0 amide bonds. The SMILES string of the molecule is CC(C)CN1CN(C)Cc2c1nn(Cc1ccccc1OCc1ccccc1)c2-c1ccncc1. The lowest BCUT2D eigenvalue weighted by molar-refractivity contribution is 0.302. The third kappa shape index (κ3) is 5.23. The predicted octanol–water partition coefficient (Wildman–Crippen LogP) is 5.44. The summed E-state index contributed by atoms with van der Waals surface area (Å²) in [6.07, 6.45) is 3.71. The van der Waals surface area contributed by atoms with Gasteiger partial charge in [-0.05, 0) is 36.7 Å². The first-order valence-corrected chi connectivity index (χ1v) is 12.3. The number of aromatic nitrogens is 3. The van der Waals surface area contributed by atoms with Crippen LogP contribution in [0.5, 0.6) is 5.75 Å². The van der Waals surface area contributed by atoms with Gasteiger partial charge in [0.05, 0.1) is 18.9 Å². The van der Waals surface area contributed by atoms with Crippen LogP contribution in [0.3, 0.4) is 0 Å². The van der Waals surface area contributed by atoms with Gasteiger partial charge in [-0.1, -0.05) is 62.4 Å². The lowest BCUT2D eigenvalue weighted by atomic mass is 10.1. The molecule has 1 aliphatic heterocycles. The predicted molar refractivity (Wildman–Crippen MR) is 140 cm³/mol. The number of fused-ring (bicyclic) bond motifs is 1. The van der Waals surface area contributed by atoms with Crippen molar-refractivity contribution in [2.24, 2.45) is 5.92 Å². The van der Waals surface area contributed by atoms with E-state index in [1.54, 1.807) is 0 Å². The maximum absolute atomic E-state index is 6.26. The molecule has 0 radical (unpaired) electrons. The highest BCUT2D eigenvalue weighted by molar-refractivity contribution is 5.71. The fourth-order valence-corrected chi connectivity index (χ4v) is 4.77.